The van der Waals surface area contributed by atoms with E-state index in [2.05, 4.69) is 24.5 Å². The minimum Gasteiger partial charge on any atom is -0.354 e. The zero-order chi connectivity index (χ0) is 11.7. The highest BCUT2D eigenvalue weighted by atomic mass is 16.2. The summed E-state index contributed by atoms with van der Waals surface area (Å²) in [6, 6.07) is 0. The van der Waals surface area contributed by atoms with Gasteiger partial charge in [-0.3, -0.25) is 9.59 Å². The van der Waals surface area contributed by atoms with Crippen LogP contribution in [0, 0.1) is 5.92 Å². The maximum Gasteiger partial charge on any atom is 0.239 e. The molecule has 15 heavy (non-hydrogen) atoms. The average Bonchev–Trinajstić information content (AvgIpc) is 2.27. The number of amides is 2. The zero-order valence-electron chi connectivity index (χ0n) is 9.51. The van der Waals surface area contributed by atoms with Crippen molar-refractivity contribution in [1.29, 1.82) is 0 Å². The Hall–Kier alpha value is -1.10. The zero-order valence-corrected chi connectivity index (χ0v) is 9.51. The molecule has 0 bridgehead atoms. The molecule has 88 valence electrons. The van der Waals surface area contributed by atoms with Crippen LogP contribution in [0.4, 0.5) is 0 Å². The number of rotatable bonds is 7. The van der Waals surface area contributed by atoms with Gasteiger partial charge in [-0.1, -0.05) is 26.7 Å². The quantitative estimate of drug-likeness (QED) is 0.541. The van der Waals surface area contributed by atoms with E-state index >= 15 is 0 Å². The van der Waals surface area contributed by atoms with E-state index in [1.54, 1.807) is 0 Å². The molecule has 5 nitrogen and oxygen atoms in total. The van der Waals surface area contributed by atoms with Crippen LogP contribution in [0.5, 0.6) is 0 Å². The van der Waals surface area contributed by atoms with Crippen molar-refractivity contribution in [3.63, 3.8) is 0 Å². The van der Waals surface area contributed by atoms with Crippen LogP contribution in [0.1, 0.15) is 26.7 Å². The predicted molar refractivity (Wildman–Crippen MR) is 59.1 cm³/mol. The van der Waals surface area contributed by atoms with E-state index in [0.717, 1.165) is 12.8 Å². The third-order valence-corrected chi connectivity index (χ3v) is 2.37. The molecular formula is C10H21N3O2. The van der Waals surface area contributed by atoms with E-state index in [1.807, 2.05) is 0 Å². The molecule has 5 heteroatoms. The monoisotopic (exact) mass is 215 g/mol. The van der Waals surface area contributed by atoms with E-state index in [9.17, 15) is 9.59 Å². The van der Waals surface area contributed by atoms with Gasteiger partial charge in [-0.15, -0.1) is 0 Å². The topological polar surface area (TPSA) is 84.2 Å². The molecule has 0 aliphatic heterocycles. The Labute approximate surface area is 90.8 Å². The highest BCUT2D eigenvalue weighted by Gasteiger charge is 2.07. The van der Waals surface area contributed by atoms with Gasteiger partial charge in [0, 0.05) is 6.54 Å². The number of nitrogens with two attached hydrogens (primary N) is 1. The molecule has 2 amide bonds. The van der Waals surface area contributed by atoms with Crippen molar-refractivity contribution in [2.45, 2.75) is 26.7 Å². The van der Waals surface area contributed by atoms with Gasteiger partial charge in [0.25, 0.3) is 0 Å². The molecule has 0 aromatic heterocycles. The van der Waals surface area contributed by atoms with Crippen LogP contribution in [0.2, 0.25) is 0 Å². The van der Waals surface area contributed by atoms with Crippen molar-refractivity contribution in [1.82, 2.24) is 10.6 Å². The summed E-state index contributed by atoms with van der Waals surface area (Å²) >= 11 is 0. The van der Waals surface area contributed by atoms with Gasteiger partial charge in [0.15, 0.2) is 0 Å². The fourth-order valence-corrected chi connectivity index (χ4v) is 1.15. The molecule has 4 N–H and O–H groups in total. The minimum absolute atomic E-state index is 0.0101. The summed E-state index contributed by atoms with van der Waals surface area (Å²) in [6.07, 6.45) is 2.10. The number of hydrogen-bond acceptors (Lipinski definition) is 3. The van der Waals surface area contributed by atoms with Crippen molar-refractivity contribution in [3.05, 3.63) is 0 Å². The molecule has 0 unspecified atom stereocenters. The summed E-state index contributed by atoms with van der Waals surface area (Å²) in [5.74, 6) is 0.0375. The van der Waals surface area contributed by atoms with Crippen LogP contribution in [-0.4, -0.2) is 31.4 Å². The summed E-state index contributed by atoms with van der Waals surface area (Å²) in [5, 5.41) is 5.19. The van der Waals surface area contributed by atoms with Crippen molar-refractivity contribution in [2.24, 2.45) is 11.7 Å². The van der Waals surface area contributed by atoms with Crippen LogP contribution >= 0.6 is 0 Å². The van der Waals surface area contributed by atoms with Crippen molar-refractivity contribution in [3.8, 4) is 0 Å². The van der Waals surface area contributed by atoms with Gasteiger partial charge in [-0.2, -0.15) is 0 Å². The Balaban J connectivity index is 3.61. The lowest BCUT2D eigenvalue weighted by molar-refractivity contribution is -0.125. The first-order valence-electron chi connectivity index (χ1n) is 5.37. The van der Waals surface area contributed by atoms with E-state index in [4.69, 9.17) is 5.73 Å². The molecule has 0 spiro atoms. The Morgan fingerprint density at radius 1 is 1.13 bits per heavy atom. The standard InChI is InChI=1S/C10H21N3O2/c1-3-8(4-2)6-12-10(15)7-13-9(14)5-11/h8H,3-7,11H2,1-2H3,(H,12,15)(H,13,14). The maximum atomic E-state index is 11.2. The summed E-state index contributed by atoms with van der Waals surface area (Å²) in [7, 11) is 0. The van der Waals surface area contributed by atoms with Crippen LogP contribution in [0.3, 0.4) is 0 Å². The van der Waals surface area contributed by atoms with Crippen LogP contribution in [0.15, 0.2) is 0 Å². The molecule has 0 aliphatic carbocycles. The number of carbonyl (C=O) groups is 2. The minimum atomic E-state index is -0.312. The fraction of sp³-hybridized carbons (Fsp3) is 0.800. The fourth-order valence-electron chi connectivity index (χ4n) is 1.15. The Bertz CT molecular complexity index is 203. The lowest BCUT2D eigenvalue weighted by Gasteiger charge is -2.13. The molecule has 0 saturated carbocycles. The lowest BCUT2D eigenvalue weighted by Crippen LogP contribution is -2.40. The van der Waals surface area contributed by atoms with Gasteiger partial charge in [0.05, 0.1) is 13.1 Å². The van der Waals surface area contributed by atoms with E-state index in [-0.39, 0.29) is 24.9 Å². The molecule has 0 heterocycles. The SMILES string of the molecule is CCC(CC)CNC(=O)CNC(=O)CN. The molecular weight excluding hydrogens is 194 g/mol. The first-order chi connectivity index (χ1) is 7.13. The Morgan fingerprint density at radius 2 is 1.73 bits per heavy atom. The summed E-state index contributed by atoms with van der Waals surface area (Å²) in [6.45, 7) is 4.79. The van der Waals surface area contributed by atoms with Gasteiger partial charge < -0.3 is 16.4 Å². The second-order valence-corrected chi connectivity index (χ2v) is 3.47. The largest absolute Gasteiger partial charge is 0.354 e. The molecule has 0 aliphatic rings. The van der Waals surface area contributed by atoms with Crippen molar-refractivity contribution < 1.29 is 9.59 Å². The van der Waals surface area contributed by atoms with Crippen LogP contribution < -0.4 is 16.4 Å². The molecule has 0 aromatic carbocycles. The van der Waals surface area contributed by atoms with E-state index in [1.165, 1.54) is 0 Å². The summed E-state index contributed by atoms with van der Waals surface area (Å²) < 4.78 is 0. The molecule has 0 atom stereocenters. The first kappa shape index (κ1) is 13.9. The summed E-state index contributed by atoms with van der Waals surface area (Å²) in [4.78, 5) is 22.0. The third kappa shape index (κ3) is 6.90. The van der Waals surface area contributed by atoms with Gasteiger partial charge in [-0.25, -0.2) is 0 Å². The van der Waals surface area contributed by atoms with Crippen LogP contribution in [0.25, 0.3) is 0 Å². The maximum absolute atomic E-state index is 11.2. The molecule has 0 fully saturated rings. The Kier molecular flexibility index (Phi) is 7.62. The Morgan fingerprint density at radius 3 is 2.20 bits per heavy atom. The molecule has 0 radical (unpaired) electrons. The number of nitrogens with one attached hydrogen (secondary N) is 2. The molecule has 0 rings (SSSR count). The highest BCUT2D eigenvalue weighted by molar-refractivity contribution is 5.85. The highest BCUT2D eigenvalue weighted by Crippen LogP contribution is 2.04. The van der Waals surface area contributed by atoms with E-state index < -0.39 is 0 Å². The summed E-state index contributed by atoms with van der Waals surface area (Å²) in [5.41, 5.74) is 5.08. The lowest BCUT2D eigenvalue weighted by atomic mass is 10.0. The van der Waals surface area contributed by atoms with Crippen molar-refractivity contribution in [2.75, 3.05) is 19.6 Å². The molecule has 0 aromatic rings. The van der Waals surface area contributed by atoms with Gasteiger partial charge in [0.1, 0.15) is 0 Å². The predicted octanol–water partition coefficient (Wildman–Crippen LogP) is -0.386. The second-order valence-electron chi connectivity index (χ2n) is 3.47. The van der Waals surface area contributed by atoms with Gasteiger partial charge in [0.2, 0.25) is 11.8 Å². The third-order valence-electron chi connectivity index (χ3n) is 2.37. The van der Waals surface area contributed by atoms with Gasteiger partial charge >= 0.3 is 0 Å². The van der Waals surface area contributed by atoms with Crippen LogP contribution in [-0.2, 0) is 9.59 Å². The second kappa shape index (κ2) is 8.23. The average molecular weight is 215 g/mol. The normalized spacial score (nSPS) is 10.1. The van der Waals surface area contributed by atoms with Gasteiger partial charge in [-0.05, 0) is 5.92 Å². The molecule has 0 saturated heterocycles. The first-order valence-corrected chi connectivity index (χ1v) is 5.37. The number of carbonyl (C=O) groups excluding carboxylic acids is 2. The number of hydrogen-bond donors (Lipinski definition) is 3. The smallest absolute Gasteiger partial charge is 0.239 e. The van der Waals surface area contributed by atoms with E-state index in [0.29, 0.717) is 12.5 Å². The van der Waals surface area contributed by atoms with Crippen molar-refractivity contribution >= 4 is 11.8 Å².